The van der Waals surface area contributed by atoms with Gasteiger partial charge in [0.2, 0.25) is 5.95 Å². The van der Waals surface area contributed by atoms with E-state index in [0.29, 0.717) is 11.0 Å². The van der Waals surface area contributed by atoms with Crippen LogP contribution >= 0.6 is 11.6 Å². The summed E-state index contributed by atoms with van der Waals surface area (Å²) >= 11 is 6.36. The highest BCUT2D eigenvalue weighted by Gasteiger charge is 2.41. The number of ether oxygens (including phenoxy) is 1. The quantitative estimate of drug-likeness (QED) is 0.503. The number of benzene rings is 2. The van der Waals surface area contributed by atoms with E-state index < -0.39 is 0 Å². The average molecular weight is 429 g/mol. The Morgan fingerprint density at radius 1 is 1.10 bits per heavy atom. The van der Waals surface area contributed by atoms with Gasteiger partial charge in [-0.2, -0.15) is 4.68 Å². The van der Waals surface area contributed by atoms with Crippen LogP contribution in [0.15, 0.2) is 72.6 Å². The van der Waals surface area contributed by atoms with Crippen LogP contribution < -0.4 is 10.1 Å². The molecule has 2 aromatic heterocycles. The van der Waals surface area contributed by atoms with Gasteiger partial charge in [-0.1, -0.05) is 47.0 Å². The van der Waals surface area contributed by atoms with Gasteiger partial charge in [-0.3, -0.25) is 4.98 Å². The number of anilines is 1. The van der Waals surface area contributed by atoms with E-state index in [1.54, 1.807) is 10.9 Å². The van der Waals surface area contributed by atoms with Crippen molar-refractivity contribution < 1.29 is 4.74 Å². The van der Waals surface area contributed by atoms with Crippen molar-refractivity contribution in [2.24, 2.45) is 0 Å². The molecule has 1 N–H and O–H groups in total. The molecule has 0 fully saturated rings. The largest absolute Gasteiger partial charge is 0.480 e. The summed E-state index contributed by atoms with van der Waals surface area (Å²) in [7, 11) is 0. The molecule has 7 nitrogen and oxygen atoms in total. The highest BCUT2D eigenvalue weighted by Crippen LogP contribution is 2.51. The number of hydrogen-bond acceptors (Lipinski definition) is 6. The third-order valence-corrected chi connectivity index (χ3v) is 6.00. The smallest absolute Gasteiger partial charge is 0.248 e. The van der Waals surface area contributed by atoms with E-state index in [-0.39, 0.29) is 12.1 Å². The molecule has 2 aliphatic heterocycles. The van der Waals surface area contributed by atoms with Gasteiger partial charge >= 0.3 is 0 Å². The van der Waals surface area contributed by atoms with E-state index in [9.17, 15) is 0 Å². The lowest BCUT2D eigenvalue weighted by atomic mass is 9.84. The molecule has 0 bridgehead atoms. The van der Waals surface area contributed by atoms with E-state index in [1.165, 1.54) is 0 Å². The zero-order valence-electron chi connectivity index (χ0n) is 16.5. The minimum absolute atomic E-state index is 0.285. The molecule has 0 saturated heterocycles. The van der Waals surface area contributed by atoms with Crippen molar-refractivity contribution in [2.45, 2.75) is 19.1 Å². The van der Waals surface area contributed by atoms with Crippen LogP contribution in [0, 0.1) is 6.92 Å². The molecule has 0 spiro atoms. The average Bonchev–Trinajstić information content (AvgIpc) is 3.27. The van der Waals surface area contributed by atoms with E-state index in [1.807, 2.05) is 48.7 Å². The molecule has 2 aromatic carbocycles. The lowest BCUT2D eigenvalue weighted by Gasteiger charge is -2.38. The number of aryl methyl sites for hydroxylation is 1. The van der Waals surface area contributed by atoms with Gasteiger partial charge in [0.05, 0.1) is 5.70 Å². The topological polar surface area (TPSA) is 77.8 Å². The molecule has 4 heterocycles. The molecule has 152 valence electrons. The number of hydrogen-bond donors (Lipinski definition) is 1. The highest BCUT2D eigenvalue weighted by atomic mass is 35.5. The van der Waals surface area contributed by atoms with Crippen LogP contribution in [0.5, 0.6) is 5.75 Å². The molecule has 2 aliphatic rings. The van der Waals surface area contributed by atoms with Crippen LogP contribution in [-0.4, -0.2) is 25.2 Å². The number of nitrogens with one attached hydrogen (secondary N) is 1. The van der Waals surface area contributed by atoms with Gasteiger partial charge in [-0.15, -0.1) is 0 Å². The Hall–Kier alpha value is -3.71. The van der Waals surface area contributed by atoms with Gasteiger partial charge in [0.25, 0.3) is 0 Å². The van der Waals surface area contributed by atoms with E-state index in [4.69, 9.17) is 16.3 Å². The van der Waals surface area contributed by atoms with Crippen molar-refractivity contribution in [1.82, 2.24) is 25.2 Å². The fourth-order valence-corrected chi connectivity index (χ4v) is 4.53. The van der Waals surface area contributed by atoms with Crippen molar-refractivity contribution in [3.63, 3.8) is 0 Å². The second-order valence-electron chi connectivity index (χ2n) is 7.59. The first-order valence-electron chi connectivity index (χ1n) is 9.91. The maximum Gasteiger partial charge on any atom is 0.248 e. The first-order valence-corrected chi connectivity index (χ1v) is 10.3. The summed E-state index contributed by atoms with van der Waals surface area (Å²) < 4.78 is 8.39. The number of aromatic nitrogens is 5. The minimum Gasteiger partial charge on any atom is -0.480 e. The van der Waals surface area contributed by atoms with Gasteiger partial charge in [0.15, 0.2) is 0 Å². The number of nitrogens with zero attached hydrogens (tertiary/aromatic N) is 5. The summed E-state index contributed by atoms with van der Waals surface area (Å²) in [6, 6.07) is 17.6. The second-order valence-corrected chi connectivity index (χ2v) is 8.02. The van der Waals surface area contributed by atoms with Crippen LogP contribution in [0.3, 0.4) is 0 Å². The van der Waals surface area contributed by atoms with Crippen molar-refractivity contribution in [1.29, 1.82) is 0 Å². The normalized spacial score (nSPS) is 19.0. The molecule has 8 heteroatoms. The Kier molecular flexibility index (Phi) is 4.04. The van der Waals surface area contributed by atoms with Gasteiger partial charge in [0, 0.05) is 28.6 Å². The van der Waals surface area contributed by atoms with E-state index in [0.717, 1.165) is 39.3 Å². The molecule has 0 amide bonds. The van der Waals surface area contributed by atoms with Crippen molar-refractivity contribution >= 4 is 23.2 Å². The third kappa shape index (κ3) is 2.81. The summed E-state index contributed by atoms with van der Waals surface area (Å²) in [6.07, 6.45) is 3.26. The number of tetrazole rings is 1. The van der Waals surface area contributed by atoms with Gasteiger partial charge in [-0.25, -0.2) is 0 Å². The first-order chi connectivity index (χ1) is 15.2. The minimum atomic E-state index is -0.333. The number of pyridine rings is 1. The van der Waals surface area contributed by atoms with Gasteiger partial charge < -0.3 is 10.1 Å². The predicted octanol–water partition coefficient (Wildman–Crippen LogP) is 4.59. The third-order valence-electron chi connectivity index (χ3n) is 5.77. The van der Waals surface area contributed by atoms with Crippen LogP contribution in [0.25, 0.3) is 5.70 Å². The van der Waals surface area contributed by atoms with Crippen LogP contribution in [0.1, 0.15) is 34.4 Å². The summed E-state index contributed by atoms with van der Waals surface area (Å²) in [4.78, 5) is 4.34. The molecule has 31 heavy (non-hydrogen) atoms. The molecule has 0 aliphatic carbocycles. The lowest BCUT2D eigenvalue weighted by Crippen LogP contribution is -2.32. The number of fused-ring (bicyclic) bond motifs is 3. The summed E-state index contributed by atoms with van der Waals surface area (Å²) in [5.41, 5.74) is 6.00. The van der Waals surface area contributed by atoms with Crippen molar-refractivity contribution in [3.05, 3.63) is 99.8 Å². The molecule has 6 rings (SSSR count). The fourth-order valence-electron chi connectivity index (χ4n) is 4.36. The maximum atomic E-state index is 6.61. The SMILES string of the molecule is Cc1ccccc1[C@H]1Oc2ccc(Cl)cc2C2=C1[C@H](c1cccnc1)n1nnnc1N2. The lowest BCUT2D eigenvalue weighted by molar-refractivity contribution is 0.222. The molecule has 0 unspecified atom stereocenters. The Labute approximate surface area is 183 Å². The molecular formula is C23H17ClN6O. The Morgan fingerprint density at radius 2 is 2.00 bits per heavy atom. The van der Waals surface area contributed by atoms with Crippen molar-refractivity contribution in [3.8, 4) is 5.75 Å². The monoisotopic (exact) mass is 428 g/mol. The Morgan fingerprint density at radius 3 is 2.84 bits per heavy atom. The molecule has 2 atom stereocenters. The Balaban J connectivity index is 1.66. The molecule has 4 aromatic rings. The highest BCUT2D eigenvalue weighted by molar-refractivity contribution is 6.30. The predicted molar refractivity (Wildman–Crippen MR) is 117 cm³/mol. The fraction of sp³-hybridized carbons (Fsp3) is 0.130. The van der Waals surface area contributed by atoms with Crippen molar-refractivity contribution in [2.75, 3.05) is 5.32 Å². The summed E-state index contributed by atoms with van der Waals surface area (Å²) in [5, 5.41) is 16.5. The van der Waals surface area contributed by atoms with Crippen LogP contribution in [-0.2, 0) is 0 Å². The number of rotatable bonds is 2. The summed E-state index contributed by atoms with van der Waals surface area (Å²) in [6.45, 7) is 2.09. The van der Waals surface area contributed by atoms with Gasteiger partial charge in [0.1, 0.15) is 17.9 Å². The molecule has 0 radical (unpaired) electrons. The molecular weight excluding hydrogens is 412 g/mol. The van der Waals surface area contributed by atoms with Crippen LogP contribution in [0.4, 0.5) is 5.95 Å². The molecule has 0 saturated carbocycles. The zero-order valence-corrected chi connectivity index (χ0v) is 17.3. The number of halogens is 1. The Bertz CT molecular complexity index is 1330. The first kappa shape index (κ1) is 18.1. The zero-order chi connectivity index (χ0) is 20.9. The van der Waals surface area contributed by atoms with Gasteiger partial charge in [-0.05, 0) is 58.3 Å². The maximum absolute atomic E-state index is 6.61. The van der Waals surface area contributed by atoms with E-state index >= 15 is 0 Å². The van der Waals surface area contributed by atoms with Crippen LogP contribution in [0.2, 0.25) is 5.02 Å². The summed E-state index contributed by atoms with van der Waals surface area (Å²) in [5.74, 6) is 1.32. The standard InChI is InChI=1S/C23H17ClN6O/c1-13-5-2-3-7-16(13)22-19-20(17-11-15(24)8-9-18(17)31-22)26-23-27-28-29-30(23)21(19)14-6-4-10-25-12-14/h2-12,21-22H,1H3,(H,26,27,29)/t21-,22+/m0/s1. The van der Waals surface area contributed by atoms with E-state index in [2.05, 4.69) is 44.9 Å². The second kappa shape index (κ2) is 6.92.